The molecule has 0 aliphatic rings. The van der Waals surface area contributed by atoms with Crippen LogP contribution in [0.3, 0.4) is 0 Å². The van der Waals surface area contributed by atoms with Crippen molar-refractivity contribution in [2.75, 3.05) is 20.3 Å². The minimum atomic E-state index is -3.80. The van der Waals surface area contributed by atoms with Crippen LogP contribution in [0, 0.1) is 11.3 Å². The van der Waals surface area contributed by atoms with Crippen molar-refractivity contribution < 1.29 is 18.3 Å². The third kappa shape index (κ3) is 3.78. The lowest BCUT2D eigenvalue weighted by atomic mass is 10.2. The summed E-state index contributed by atoms with van der Waals surface area (Å²) in [5.74, 6) is 0. The van der Waals surface area contributed by atoms with E-state index in [9.17, 15) is 13.5 Å². The molecule has 0 aliphatic carbocycles. The lowest BCUT2D eigenvalue weighted by Crippen LogP contribution is -2.34. The average molecular weight is 270 g/mol. The second-order valence-corrected chi connectivity index (χ2v) is 5.30. The first-order chi connectivity index (χ1) is 8.51. The van der Waals surface area contributed by atoms with Gasteiger partial charge in [-0.3, -0.25) is 0 Å². The monoisotopic (exact) mass is 270 g/mol. The summed E-state index contributed by atoms with van der Waals surface area (Å²) >= 11 is 0. The highest BCUT2D eigenvalue weighted by molar-refractivity contribution is 7.89. The van der Waals surface area contributed by atoms with Crippen molar-refractivity contribution in [2.45, 2.75) is 11.0 Å². The van der Waals surface area contributed by atoms with Crippen LogP contribution in [0.2, 0.25) is 0 Å². The number of nitriles is 1. The molecule has 0 aliphatic heterocycles. The molecule has 1 aromatic rings. The molecule has 7 heteroatoms. The minimum absolute atomic E-state index is 0.0302. The fourth-order valence-corrected chi connectivity index (χ4v) is 2.56. The van der Waals surface area contributed by atoms with Crippen molar-refractivity contribution in [1.29, 1.82) is 5.26 Å². The van der Waals surface area contributed by atoms with E-state index < -0.39 is 16.1 Å². The van der Waals surface area contributed by atoms with Crippen LogP contribution >= 0.6 is 0 Å². The highest BCUT2D eigenvalue weighted by atomic mass is 32.2. The average Bonchev–Trinajstić information content (AvgIpc) is 2.37. The predicted octanol–water partition coefficient (Wildman–Crippen LogP) is -0.156. The normalized spacial score (nSPS) is 12.9. The van der Waals surface area contributed by atoms with Crippen LogP contribution in [0.25, 0.3) is 0 Å². The van der Waals surface area contributed by atoms with Gasteiger partial charge in [-0.1, -0.05) is 12.1 Å². The van der Waals surface area contributed by atoms with Gasteiger partial charge in [0.05, 0.1) is 23.2 Å². The van der Waals surface area contributed by atoms with E-state index in [0.717, 1.165) is 0 Å². The molecule has 0 radical (unpaired) electrons. The Hall–Kier alpha value is -1.46. The molecule has 0 heterocycles. The largest absolute Gasteiger partial charge is 0.389 e. The topological polar surface area (TPSA) is 99.4 Å². The molecule has 1 atom stereocenters. The third-order valence-corrected chi connectivity index (χ3v) is 3.65. The fourth-order valence-electron chi connectivity index (χ4n) is 1.33. The number of hydrogen-bond acceptors (Lipinski definition) is 5. The zero-order chi connectivity index (χ0) is 13.6. The molecule has 1 rings (SSSR count). The first-order valence-electron chi connectivity index (χ1n) is 5.17. The molecule has 0 bridgehead atoms. The summed E-state index contributed by atoms with van der Waals surface area (Å²) in [5.41, 5.74) is 0.0613. The number of nitrogens with one attached hydrogen (secondary N) is 1. The molecule has 0 saturated carbocycles. The smallest absolute Gasteiger partial charge is 0.241 e. The third-order valence-electron chi connectivity index (χ3n) is 2.17. The Kier molecular flexibility index (Phi) is 5.25. The van der Waals surface area contributed by atoms with Gasteiger partial charge in [0.15, 0.2) is 0 Å². The van der Waals surface area contributed by atoms with Crippen molar-refractivity contribution in [3.8, 4) is 6.07 Å². The number of hydrogen-bond donors (Lipinski definition) is 2. The van der Waals surface area contributed by atoms with Crippen LogP contribution < -0.4 is 4.72 Å². The first kappa shape index (κ1) is 14.6. The van der Waals surface area contributed by atoms with E-state index in [-0.39, 0.29) is 23.6 Å². The van der Waals surface area contributed by atoms with Crippen LogP contribution in [0.1, 0.15) is 5.56 Å². The molecule has 6 nitrogen and oxygen atoms in total. The number of nitrogens with zero attached hydrogens (tertiary/aromatic N) is 1. The number of aliphatic hydroxyl groups excluding tert-OH is 1. The van der Waals surface area contributed by atoms with E-state index in [1.165, 1.54) is 25.3 Å². The van der Waals surface area contributed by atoms with E-state index in [4.69, 9.17) is 5.26 Å². The standard InChI is InChI=1S/C11H14N2O4S/c1-17-8-10(14)7-13-18(15,16)11-5-3-2-4-9(11)6-12/h2-5,10,13-14H,7-8H2,1H3. The maximum Gasteiger partial charge on any atom is 0.241 e. The fraction of sp³-hybridized carbons (Fsp3) is 0.364. The van der Waals surface area contributed by atoms with Gasteiger partial charge >= 0.3 is 0 Å². The molecule has 0 saturated heterocycles. The predicted molar refractivity (Wildman–Crippen MR) is 64.2 cm³/mol. The van der Waals surface area contributed by atoms with Crippen LogP contribution in [-0.4, -0.2) is 39.9 Å². The summed E-state index contributed by atoms with van der Waals surface area (Å²) in [4.78, 5) is -0.0999. The minimum Gasteiger partial charge on any atom is -0.389 e. The van der Waals surface area contributed by atoms with Crippen molar-refractivity contribution in [3.05, 3.63) is 29.8 Å². The lowest BCUT2D eigenvalue weighted by molar-refractivity contribution is 0.0679. The number of benzene rings is 1. The highest BCUT2D eigenvalue weighted by Gasteiger charge is 2.19. The van der Waals surface area contributed by atoms with E-state index >= 15 is 0 Å². The molecule has 1 unspecified atom stereocenters. The zero-order valence-electron chi connectivity index (χ0n) is 9.83. The van der Waals surface area contributed by atoms with Crippen molar-refractivity contribution in [2.24, 2.45) is 0 Å². The van der Waals surface area contributed by atoms with Gasteiger partial charge in [-0.05, 0) is 12.1 Å². The van der Waals surface area contributed by atoms with Gasteiger partial charge in [-0.25, -0.2) is 13.1 Å². The maximum absolute atomic E-state index is 11.9. The van der Waals surface area contributed by atoms with Gasteiger partial charge in [0.2, 0.25) is 10.0 Å². The molecular weight excluding hydrogens is 256 g/mol. The molecule has 0 fully saturated rings. The Morgan fingerprint density at radius 3 is 2.78 bits per heavy atom. The number of sulfonamides is 1. The van der Waals surface area contributed by atoms with Gasteiger partial charge < -0.3 is 9.84 Å². The summed E-state index contributed by atoms with van der Waals surface area (Å²) in [5, 5.41) is 18.2. The molecule has 98 valence electrons. The summed E-state index contributed by atoms with van der Waals surface area (Å²) in [6.45, 7) is -0.141. The van der Waals surface area contributed by atoms with Crippen molar-refractivity contribution in [3.63, 3.8) is 0 Å². The Labute approximate surface area is 106 Å². The van der Waals surface area contributed by atoms with Crippen molar-refractivity contribution in [1.82, 2.24) is 4.72 Å². The number of rotatable bonds is 6. The van der Waals surface area contributed by atoms with Crippen LogP contribution in [0.15, 0.2) is 29.2 Å². The Morgan fingerprint density at radius 2 is 2.17 bits per heavy atom. The molecule has 0 amide bonds. The van der Waals surface area contributed by atoms with Crippen molar-refractivity contribution >= 4 is 10.0 Å². The number of aliphatic hydroxyl groups is 1. The van der Waals surface area contributed by atoms with E-state index in [1.54, 1.807) is 6.07 Å². The Morgan fingerprint density at radius 1 is 1.50 bits per heavy atom. The summed E-state index contributed by atoms with van der Waals surface area (Å²) in [7, 11) is -2.40. The lowest BCUT2D eigenvalue weighted by Gasteiger charge is -2.11. The van der Waals surface area contributed by atoms with Crippen LogP contribution in [0.5, 0.6) is 0 Å². The molecule has 0 spiro atoms. The Balaban J connectivity index is 2.84. The van der Waals surface area contributed by atoms with Gasteiger partial charge in [-0.15, -0.1) is 0 Å². The zero-order valence-corrected chi connectivity index (χ0v) is 10.6. The second-order valence-electron chi connectivity index (χ2n) is 3.57. The second kappa shape index (κ2) is 6.47. The molecule has 2 N–H and O–H groups in total. The molecular formula is C11H14N2O4S. The van der Waals surface area contributed by atoms with E-state index in [2.05, 4.69) is 9.46 Å². The van der Waals surface area contributed by atoms with Gasteiger partial charge in [0.25, 0.3) is 0 Å². The maximum atomic E-state index is 11.9. The van der Waals surface area contributed by atoms with Crippen LogP contribution in [-0.2, 0) is 14.8 Å². The van der Waals surface area contributed by atoms with E-state index in [0.29, 0.717) is 0 Å². The SMILES string of the molecule is COCC(O)CNS(=O)(=O)c1ccccc1C#N. The van der Waals surface area contributed by atoms with Gasteiger partial charge in [-0.2, -0.15) is 5.26 Å². The van der Waals surface area contributed by atoms with Gasteiger partial charge in [0, 0.05) is 13.7 Å². The summed E-state index contributed by atoms with van der Waals surface area (Å²) in [6.07, 6.45) is -0.931. The van der Waals surface area contributed by atoms with Crippen LogP contribution in [0.4, 0.5) is 0 Å². The first-order valence-corrected chi connectivity index (χ1v) is 6.65. The number of methoxy groups -OCH3 is 1. The van der Waals surface area contributed by atoms with Gasteiger partial charge in [0.1, 0.15) is 6.07 Å². The quantitative estimate of drug-likeness (QED) is 0.748. The Bertz CT molecular complexity index is 536. The number of ether oxygens (including phenoxy) is 1. The highest BCUT2D eigenvalue weighted by Crippen LogP contribution is 2.13. The molecule has 1 aromatic carbocycles. The summed E-state index contributed by atoms with van der Waals surface area (Å²) < 4.78 is 30.7. The molecule has 0 aromatic heterocycles. The van der Waals surface area contributed by atoms with E-state index in [1.807, 2.05) is 6.07 Å². The summed E-state index contributed by atoms with van der Waals surface area (Å²) in [6, 6.07) is 7.67. The molecule has 18 heavy (non-hydrogen) atoms.